The summed E-state index contributed by atoms with van der Waals surface area (Å²) in [6.07, 6.45) is -0.0989. The van der Waals surface area contributed by atoms with Crippen LogP contribution < -0.4 is 15.8 Å². The van der Waals surface area contributed by atoms with E-state index in [9.17, 15) is 14.9 Å². The number of anilines is 2. The summed E-state index contributed by atoms with van der Waals surface area (Å²) in [6, 6.07) is 1.64. The topological polar surface area (TPSA) is 146 Å². The van der Waals surface area contributed by atoms with Gasteiger partial charge in [0.05, 0.1) is 11.5 Å². The molecule has 134 valence electrons. The molecule has 1 unspecified atom stereocenters. The van der Waals surface area contributed by atoms with E-state index < -0.39 is 23.2 Å². The Kier molecular flexibility index (Phi) is 7.21. The van der Waals surface area contributed by atoms with Crippen molar-refractivity contribution in [1.82, 2.24) is 0 Å². The maximum Gasteiger partial charge on any atom is 0.325 e. The second kappa shape index (κ2) is 8.89. The number of ether oxygens (including phenoxy) is 3. The molecule has 0 saturated carbocycles. The molecular weight excluding hydrogens is 322 g/mol. The third-order valence-corrected chi connectivity index (χ3v) is 3.21. The molecule has 0 aliphatic rings. The Labute approximate surface area is 138 Å². The summed E-state index contributed by atoms with van der Waals surface area (Å²) in [7, 11) is 2.95. The minimum atomic E-state index is -1.10. The van der Waals surface area contributed by atoms with Crippen LogP contribution in [0.5, 0.6) is 5.75 Å². The Bertz CT molecular complexity index is 590. The number of hydrogen-bond acceptors (Lipinski definition) is 8. The minimum Gasteiger partial charge on any atom is -0.491 e. The van der Waals surface area contributed by atoms with Crippen molar-refractivity contribution in [2.24, 2.45) is 0 Å². The van der Waals surface area contributed by atoms with Crippen molar-refractivity contribution in [1.29, 1.82) is 0 Å². The van der Waals surface area contributed by atoms with Crippen LogP contribution in [0, 0.1) is 10.1 Å². The number of nitro groups is 1. The van der Waals surface area contributed by atoms with Crippen LogP contribution in [0.15, 0.2) is 12.1 Å². The molecule has 0 saturated heterocycles. The van der Waals surface area contributed by atoms with Gasteiger partial charge in [-0.05, 0) is 6.92 Å². The molecule has 0 aromatic heterocycles. The van der Waals surface area contributed by atoms with Crippen molar-refractivity contribution >= 4 is 23.0 Å². The van der Waals surface area contributed by atoms with Crippen LogP contribution in [-0.4, -0.2) is 49.2 Å². The number of aliphatic carboxylic acids is 1. The predicted octanol–water partition coefficient (Wildman–Crippen LogP) is 1.45. The van der Waals surface area contributed by atoms with Crippen LogP contribution in [0.3, 0.4) is 0 Å². The number of methoxy groups -OCH3 is 2. The van der Waals surface area contributed by atoms with E-state index in [2.05, 4.69) is 5.32 Å². The number of rotatable bonds is 10. The van der Waals surface area contributed by atoms with Crippen molar-refractivity contribution in [2.75, 3.05) is 31.9 Å². The number of nitrogens with zero attached hydrogens (tertiary/aromatic N) is 1. The van der Waals surface area contributed by atoms with Gasteiger partial charge in [-0.25, -0.2) is 0 Å². The fourth-order valence-corrected chi connectivity index (χ4v) is 1.87. The zero-order chi connectivity index (χ0) is 18.3. The van der Waals surface area contributed by atoms with Crippen LogP contribution in [0.4, 0.5) is 17.1 Å². The zero-order valence-electron chi connectivity index (χ0n) is 13.6. The van der Waals surface area contributed by atoms with Crippen molar-refractivity contribution < 1.29 is 29.0 Å². The van der Waals surface area contributed by atoms with Gasteiger partial charge in [0.1, 0.15) is 6.04 Å². The average Bonchev–Trinajstić information content (AvgIpc) is 2.53. The van der Waals surface area contributed by atoms with Crippen molar-refractivity contribution in [3.8, 4) is 5.75 Å². The number of hydrogen-bond donors (Lipinski definition) is 3. The summed E-state index contributed by atoms with van der Waals surface area (Å²) in [5.41, 5.74) is 5.46. The fourth-order valence-electron chi connectivity index (χ4n) is 1.87. The lowest BCUT2D eigenvalue weighted by Gasteiger charge is -2.16. The second-order valence-electron chi connectivity index (χ2n) is 4.91. The van der Waals surface area contributed by atoms with E-state index in [4.69, 9.17) is 25.1 Å². The first-order valence-corrected chi connectivity index (χ1v) is 7.05. The molecule has 24 heavy (non-hydrogen) atoms. The third-order valence-electron chi connectivity index (χ3n) is 3.21. The molecule has 10 heteroatoms. The first-order valence-electron chi connectivity index (χ1n) is 7.05. The largest absolute Gasteiger partial charge is 0.491 e. The smallest absolute Gasteiger partial charge is 0.325 e. The maximum atomic E-state index is 11.1. The SMILES string of the molecule is COC(CCOc1cc(NC(C)C(=O)O)cc([N+](=O)[O-])c1N)OC. The van der Waals surface area contributed by atoms with Crippen molar-refractivity contribution in [3.63, 3.8) is 0 Å². The first-order chi connectivity index (χ1) is 11.3. The van der Waals surface area contributed by atoms with Gasteiger partial charge in [-0.3, -0.25) is 14.9 Å². The molecule has 0 fully saturated rings. The zero-order valence-corrected chi connectivity index (χ0v) is 13.6. The number of nitrogens with one attached hydrogen (secondary N) is 1. The van der Waals surface area contributed by atoms with E-state index in [1.165, 1.54) is 27.2 Å². The van der Waals surface area contributed by atoms with E-state index in [1.54, 1.807) is 0 Å². The number of benzene rings is 1. The minimum absolute atomic E-state index is 0.0789. The van der Waals surface area contributed by atoms with Crippen molar-refractivity contribution in [2.45, 2.75) is 25.7 Å². The Hall–Kier alpha value is -2.59. The summed E-state index contributed by atoms with van der Waals surface area (Å²) in [5.74, 6) is -1.02. The number of nitrogens with two attached hydrogens (primary N) is 1. The van der Waals surface area contributed by atoms with Crippen molar-refractivity contribution in [3.05, 3.63) is 22.2 Å². The van der Waals surface area contributed by atoms with Gasteiger partial charge in [0.15, 0.2) is 17.7 Å². The van der Waals surface area contributed by atoms with Gasteiger partial charge in [-0.15, -0.1) is 0 Å². The maximum absolute atomic E-state index is 11.1. The molecule has 10 nitrogen and oxygen atoms in total. The Morgan fingerprint density at radius 3 is 2.54 bits per heavy atom. The molecule has 1 atom stereocenters. The van der Waals surface area contributed by atoms with Crippen LogP contribution in [0.25, 0.3) is 0 Å². The van der Waals surface area contributed by atoms with Gasteiger partial charge >= 0.3 is 5.97 Å². The van der Waals surface area contributed by atoms with E-state index >= 15 is 0 Å². The number of carbonyl (C=O) groups is 1. The van der Waals surface area contributed by atoms with Crippen LogP contribution in [-0.2, 0) is 14.3 Å². The van der Waals surface area contributed by atoms with Gasteiger partial charge in [-0.1, -0.05) is 0 Å². The van der Waals surface area contributed by atoms with Gasteiger partial charge in [0, 0.05) is 38.5 Å². The summed E-state index contributed by atoms with van der Waals surface area (Å²) < 4.78 is 15.5. The number of nitrogen functional groups attached to an aromatic ring is 1. The highest BCUT2D eigenvalue weighted by molar-refractivity contribution is 5.79. The molecular formula is C14H21N3O7. The molecule has 0 spiro atoms. The second-order valence-corrected chi connectivity index (χ2v) is 4.91. The van der Waals surface area contributed by atoms with Gasteiger partial charge in [-0.2, -0.15) is 0 Å². The molecule has 4 N–H and O–H groups in total. The Balaban J connectivity index is 2.98. The van der Waals surface area contributed by atoms with Crippen LogP contribution >= 0.6 is 0 Å². The molecule has 1 aromatic rings. The van der Waals surface area contributed by atoms with E-state index in [0.717, 1.165) is 6.07 Å². The Morgan fingerprint density at radius 2 is 2.04 bits per heavy atom. The highest BCUT2D eigenvalue weighted by atomic mass is 16.7. The fraction of sp³-hybridized carbons (Fsp3) is 0.500. The van der Waals surface area contributed by atoms with Crippen LogP contribution in [0.1, 0.15) is 13.3 Å². The molecule has 1 aromatic carbocycles. The lowest BCUT2D eigenvalue weighted by atomic mass is 10.2. The molecule has 0 amide bonds. The summed E-state index contributed by atoms with van der Waals surface area (Å²) in [4.78, 5) is 21.4. The summed E-state index contributed by atoms with van der Waals surface area (Å²) >= 11 is 0. The third kappa shape index (κ3) is 5.25. The first kappa shape index (κ1) is 19.5. The number of carboxylic acid groups (broad SMARTS) is 1. The molecule has 0 bridgehead atoms. The molecule has 0 radical (unpaired) electrons. The molecule has 0 heterocycles. The summed E-state index contributed by atoms with van der Waals surface area (Å²) in [6.45, 7) is 1.55. The summed E-state index contributed by atoms with van der Waals surface area (Å²) in [5, 5.41) is 22.7. The Morgan fingerprint density at radius 1 is 1.42 bits per heavy atom. The number of nitro benzene ring substituents is 1. The highest BCUT2D eigenvalue weighted by Gasteiger charge is 2.20. The number of carboxylic acids is 1. The average molecular weight is 343 g/mol. The molecule has 0 aliphatic heterocycles. The van der Waals surface area contributed by atoms with E-state index in [1.807, 2.05) is 0 Å². The molecule has 0 aliphatic carbocycles. The standard InChI is InChI=1S/C14H21N3O7/c1-8(14(18)19)16-9-6-10(17(20)21)13(15)11(7-9)24-5-4-12(22-2)23-3/h6-8,12,16H,4-5,15H2,1-3H3,(H,18,19). The van der Waals surface area contributed by atoms with Gasteiger partial charge in [0.2, 0.25) is 0 Å². The lowest BCUT2D eigenvalue weighted by Crippen LogP contribution is -2.25. The van der Waals surface area contributed by atoms with E-state index in [0.29, 0.717) is 6.42 Å². The van der Waals surface area contributed by atoms with Gasteiger partial charge in [0.25, 0.3) is 5.69 Å². The normalized spacial score (nSPS) is 12.0. The predicted molar refractivity (Wildman–Crippen MR) is 86.1 cm³/mol. The highest BCUT2D eigenvalue weighted by Crippen LogP contribution is 2.35. The van der Waals surface area contributed by atoms with Gasteiger partial charge < -0.3 is 30.4 Å². The monoisotopic (exact) mass is 343 g/mol. The lowest BCUT2D eigenvalue weighted by molar-refractivity contribution is -0.383. The van der Waals surface area contributed by atoms with E-state index in [-0.39, 0.29) is 29.4 Å². The molecule has 1 rings (SSSR count). The quantitative estimate of drug-likeness (QED) is 0.248. The van der Waals surface area contributed by atoms with Crippen LogP contribution in [0.2, 0.25) is 0 Å².